The number of hydrogen-bond acceptors (Lipinski definition) is 5. The molecule has 132 valence electrons. The Morgan fingerprint density at radius 3 is 2.77 bits per heavy atom. The topological polar surface area (TPSA) is 71.3 Å². The Morgan fingerprint density at radius 1 is 1.15 bits per heavy atom. The molecule has 1 N–H and O–H groups in total. The van der Waals surface area contributed by atoms with Gasteiger partial charge in [0.15, 0.2) is 0 Å². The lowest BCUT2D eigenvalue weighted by atomic mass is 9.88. The number of aromatic nitrogens is 2. The largest absolute Gasteiger partial charge is 0.337 e. The summed E-state index contributed by atoms with van der Waals surface area (Å²) in [5.41, 5.74) is 3.17. The highest BCUT2D eigenvalue weighted by molar-refractivity contribution is 5.94. The summed E-state index contributed by atoms with van der Waals surface area (Å²) in [4.78, 5) is 18.4. The van der Waals surface area contributed by atoms with E-state index in [4.69, 9.17) is 4.52 Å². The molecule has 3 aromatic rings. The summed E-state index contributed by atoms with van der Waals surface area (Å²) in [6.45, 7) is 0.703. The predicted octanol–water partition coefficient (Wildman–Crippen LogP) is 3.37. The summed E-state index contributed by atoms with van der Waals surface area (Å²) in [5, 5.41) is 7.00. The highest BCUT2D eigenvalue weighted by Crippen LogP contribution is 2.34. The van der Waals surface area contributed by atoms with Crippen molar-refractivity contribution in [2.75, 3.05) is 17.3 Å². The Morgan fingerprint density at radius 2 is 1.92 bits per heavy atom. The fourth-order valence-corrected chi connectivity index (χ4v) is 3.31. The van der Waals surface area contributed by atoms with Crippen LogP contribution in [0.4, 0.5) is 11.6 Å². The molecule has 1 aliphatic rings. The van der Waals surface area contributed by atoms with E-state index in [1.54, 1.807) is 0 Å². The van der Waals surface area contributed by atoms with Crippen LogP contribution in [0.2, 0.25) is 0 Å². The van der Waals surface area contributed by atoms with Gasteiger partial charge in [0.05, 0.1) is 0 Å². The Bertz CT molecular complexity index is 907. The minimum Gasteiger partial charge on any atom is -0.337 e. The molecule has 6 nitrogen and oxygen atoms in total. The normalized spacial score (nSPS) is 16.0. The van der Waals surface area contributed by atoms with Crippen molar-refractivity contribution < 1.29 is 9.32 Å². The van der Waals surface area contributed by atoms with Crippen LogP contribution in [0.25, 0.3) is 0 Å². The molecule has 4 rings (SSSR count). The molecule has 0 aliphatic carbocycles. The van der Waals surface area contributed by atoms with Gasteiger partial charge in [0, 0.05) is 38.0 Å². The van der Waals surface area contributed by atoms with Gasteiger partial charge < -0.3 is 14.7 Å². The predicted molar refractivity (Wildman–Crippen MR) is 99.0 cm³/mol. The zero-order chi connectivity index (χ0) is 17.9. The summed E-state index contributed by atoms with van der Waals surface area (Å²) in [6.07, 6.45) is 0.977. The van der Waals surface area contributed by atoms with Crippen LogP contribution >= 0.6 is 0 Å². The minimum atomic E-state index is 0.0228. The summed E-state index contributed by atoms with van der Waals surface area (Å²) in [6, 6.07) is 18.0. The molecule has 1 aliphatic heterocycles. The van der Waals surface area contributed by atoms with E-state index >= 15 is 0 Å². The fraction of sp³-hybridized carbons (Fsp3) is 0.250. The third-order valence-corrected chi connectivity index (χ3v) is 4.59. The van der Waals surface area contributed by atoms with Crippen molar-refractivity contribution in [3.05, 3.63) is 71.6 Å². The molecule has 1 amide bonds. The second kappa shape index (κ2) is 7.00. The molecule has 0 fully saturated rings. The zero-order valence-electron chi connectivity index (χ0n) is 14.6. The van der Waals surface area contributed by atoms with E-state index in [0.29, 0.717) is 31.2 Å². The number of nitrogens with one attached hydrogen (secondary N) is 1. The Labute approximate surface area is 151 Å². The molecule has 0 bridgehead atoms. The Balaban J connectivity index is 1.48. The second-order valence-corrected chi connectivity index (χ2v) is 6.57. The molecular weight excluding hydrogens is 328 g/mol. The summed E-state index contributed by atoms with van der Waals surface area (Å²) in [7, 11) is 1.94. The molecule has 1 atom stereocenters. The van der Waals surface area contributed by atoms with Crippen molar-refractivity contribution in [1.82, 2.24) is 10.1 Å². The van der Waals surface area contributed by atoms with Crippen LogP contribution in [0.3, 0.4) is 0 Å². The number of amides is 1. The number of carbonyl (C=O) groups excluding carboxylic acids is 1. The monoisotopic (exact) mass is 348 g/mol. The van der Waals surface area contributed by atoms with Gasteiger partial charge in [-0.25, -0.2) is 0 Å². The van der Waals surface area contributed by atoms with Crippen molar-refractivity contribution in [3.63, 3.8) is 0 Å². The molecule has 1 unspecified atom stereocenters. The average molecular weight is 348 g/mol. The van der Waals surface area contributed by atoms with Gasteiger partial charge in [-0.3, -0.25) is 4.79 Å². The van der Waals surface area contributed by atoms with E-state index in [9.17, 15) is 4.79 Å². The lowest BCUT2D eigenvalue weighted by Gasteiger charge is -2.24. The standard InChI is InChI=1S/C20H20N4O2/c1-24(13-14-7-3-2-4-8-14)20-22-19(26-23-20)12-15-11-18(25)21-17-10-6-5-9-16(15)17/h2-10,15H,11-13H2,1H3,(H,21,25). The second-order valence-electron chi connectivity index (χ2n) is 6.57. The van der Waals surface area contributed by atoms with Gasteiger partial charge in [0.1, 0.15) is 0 Å². The van der Waals surface area contributed by atoms with Gasteiger partial charge in [-0.1, -0.05) is 48.5 Å². The van der Waals surface area contributed by atoms with E-state index in [1.165, 1.54) is 5.56 Å². The van der Waals surface area contributed by atoms with E-state index in [0.717, 1.165) is 11.3 Å². The lowest BCUT2D eigenvalue weighted by molar-refractivity contribution is -0.116. The number of benzene rings is 2. The first-order chi connectivity index (χ1) is 12.7. The van der Waals surface area contributed by atoms with Gasteiger partial charge in [-0.05, 0) is 22.3 Å². The van der Waals surface area contributed by atoms with Gasteiger partial charge in [0.25, 0.3) is 5.95 Å². The highest BCUT2D eigenvalue weighted by atomic mass is 16.5. The Kier molecular flexibility index (Phi) is 4.39. The van der Waals surface area contributed by atoms with Crippen LogP contribution in [0.15, 0.2) is 59.1 Å². The third-order valence-electron chi connectivity index (χ3n) is 4.59. The highest BCUT2D eigenvalue weighted by Gasteiger charge is 2.27. The third kappa shape index (κ3) is 3.44. The van der Waals surface area contributed by atoms with Gasteiger partial charge in [-0.15, -0.1) is 0 Å². The molecule has 1 aromatic heterocycles. The summed E-state index contributed by atoms with van der Waals surface area (Å²) in [5.74, 6) is 1.18. The number of rotatable bonds is 5. The van der Waals surface area contributed by atoms with Crippen LogP contribution in [0, 0.1) is 0 Å². The smallest absolute Gasteiger partial charge is 0.266 e. The molecule has 6 heteroatoms. The quantitative estimate of drug-likeness (QED) is 0.765. The summed E-state index contributed by atoms with van der Waals surface area (Å²) < 4.78 is 5.44. The zero-order valence-corrected chi connectivity index (χ0v) is 14.6. The Hall–Kier alpha value is -3.15. The van der Waals surface area contributed by atoms with Crippen molar-refractivity contribution in [2.45, 2.75) is 25.3 Å². The maximum atomic E-state index is 12.0. The van der Waals surface area contributed by atoms with Crippen molar-refractivity contribution in [1.29, 1.82) is 0 Å². The molecular formula is C20H20N4O2. The first kappa shape index (κ1) is 16.3. The maximum absolute atomic E-state index is 12.0. The number of anilines is 2. The molecule has 0 radical (unpaired) electrons. The molecule has 0 spiro atoms. The molecule has 26 heavy (non-hydrogen) atoms. The average Bonchev–Trinajstić information content (AvgIpc) is 3.11. The molecule has 2 heterocycles. The van der Waals surface area contributed by atoms with Crippen molar-refractivity contribution >= 4 is 17.5 Å². The fourth-order valence-electron chi connectivity index (χ4n) is 3.31. The number of hydrogen-bond donors (Lipinski definition) is 1. The van der Waals surface area contributed by atoms with Crippen LogP contribution in [-0.4, -0.2) is 23.1 Å². The number of fused-ring (bicyclic) bond motifs is 1. The van der Waals surface area contributed by atoms with Crippen molar-refractivity contribution in [3.8, 4) is 0 Å². The van der Waals surface area contributed by atoms with Crippen LogP contribution in [0.1, 0.15) is 29.4 Å². The molecule has 2 aromatic carbocycles. The molecule has 0 saturated carbocycles. The lowest BCUT2D eigenvalue weighted by Crippen LogP contribution is -2.24. The first-order valence-corrected chi connectivity index (χ1v) is 8.65. The SMILES string of the molecule is CN(Cc1ccccc1)c1noc(CC2CC(=O)Nc3ccccc32)n1. The number of para-hydroxylation sites is 1. The van der Waals surface area contributed by atoms with E-state index in [-0.39, 0.29) is 11.8 Å². The van der Waals surface area contributed by atoms with E-state index < -0.39 is 0 Å². The van der Waals surface area contributed by atoms with Gasteiger partial charge >= 0.3 is 0 Å². The first-order valence-electron chi connectivity index (χ1n) is 8.65. The maximum Gasteiger partial charge on any atom is 0.266 e. The van der Waals surface area contributed by atoms with E-state index in [1.807, 2.05) is 54.4 Å². The number of nitrogens with zero attached hydrogens (tertiary/aromatic N) is 3. The van der Waals surface area contributed by atoms with Gasteiger partial charge in [-0.2, -0.15) is 4.98 Å². The minimum absolute atomic E-state index is 0.0228. The summed E-state index contributed by atoms with van der Waals surface area (Å²) >= 11 is 0. The van der Waals surface area contributed by atoms with Crippen LogP contribution in [-0.2, 0) is 17.8 Å². The number of carbonyl (C=O) groups is 1. The van der Waals surface area contributed by atoms with Crippen molar-refractivity contribution in [2.24, 2.45) is 0 Å². The molecule has 0 saturated heterocycles. The van der Waals surface area contributed by atoms with E-state index in [2.05, 4.69) is 27.6 Å². The van der Waals surface area contributed by atoms with Crippen LogP contribution < -0.4 is 10.2 Å². The van der Waals surface area contributed by atoms with Gasteiger partial charge in [0.2, 0.25) is 11.8 Å². The van der Waals surface area contributed by atoms with Crippen LogP contribution in [0.5, 0.6) is 0 Å².